The van der Waals surface area contributed by atoms with Crippen molar-refractivity contribution in [3.8, 4) is 23.0 Å². The van der Waals surface area contributed by atoms with Gasteiger partial charge in [-0.2, -0.15) is 0 Å². The second kappa shape index (κ2) is 12.2. The third-order valence-corrected chi connectivity index (χ3v) is 4.63. The average Bonchev–Trinajstić information content (AvgIpc) is 3.05. The molecule has 0 saturated carbocycles. The van der Waals surface area contributed by atoms with Crippen LogP contribution in [0.15, 0.2) is 65.9 Å². The highest BCUT2D eigenvalue weighted by atomic mass is 127. The maximum atomic E-state index is 14.5. The molecule has 0 fully saturated rings. The van der Waals surface area contributed by atoms with Gasteiger partial charge >= 0.3 is 0 Å². The van der Waals surface area contributed by atoms with Crippen molar-refractivity contribution in [2.45, 2.75) is 19.9 Å². The van der Waals surface area contributed by atoms with Gasteiger partial charge in [0, 0.05) is 30.9 Å². The summed E-state index contributed by atoms with van der Waals surface area (Å²) in [4.78, 5) is 8.53. The van der Waals surface area contributed by atoms with Crippen molar-refractivity contribution in [2.75, 3.05) is 25.1 Å². The zero-order valence-corrected chi connectivity index (χ0v) is 20.5. The van der Waals surface area contributed by atoms with Crippen molar-refractivity contribution in [1.82, 2.24) is 10.3 Å². The third-order valence-electron chi connectivity index (χ3n) is 4.63. The van der Waals surface area contributed by atoms with Crippen LogP contribution in [0.2, 0.25) is 0 Å². The number of hydrogen-bond acceptors (Lipinski definition) is 5. The summed E-state index contributed by atoms with van der Waals surface area (Å²) in [7, 11) is 0. The van der Waals surface area contributed by atoms with E-state index in [1.165, 1.54) is 12.3 Å². The number of fused-ring (bicyclic) bond motifs is 1. The van der Waals surface area contributed by atoms with Crippen LogP contribution in [0.3, 0.4) is 0 Å². The number of anilines is 1. The van der Waals surface area contributed by atoms with Crippen LogP contribution in [0.1, 0.15) is 18.9 Å². The SMILES string of the molecule is CCNC(=NCc1ccc(Oc2cccnc2)c(F)c1)Nc1ccc2c(c1)OCCCO2.I. The van der Waals surface area contributed by atoms with Crippen LogP contribution in [0.25, 0.3) is 0 Å². The molecule has 0 amide bonds. The fraction of sp³-hybridized carbons (Fsp3) is 0.250. The molecule has 33 heavy (non-hydrogen) atoms. The molecule has 0 bridgehead atoms. The summed E-state index contributed by atoms with van der Waals surface area (Å²) >= 11 is 0. The summed E-state index contributed by atoms with van der Waals surface area (Å²) in [5.74, 6) is 2.18. The predicted octanol–water partition coefficient (Wildman–Crippen LogP) is 5.37. The largest absolute Gasteiger partial charge is 0.490 e. The molecule has 0 aliphatic carbocycles. The molecule has 2 aromatic carbocycles. The zero-order chi connectivity index (χ0) is 22.2. The van der Waals surface area contributed by atoms with Crippen molar-refractivity contribution >= 4 is 35.6 Å². The van der Waals surface area contributed by atoms with Crippen LogP contribution in [-0.4, -0.2) is 30.7 Å². The Balaban J connectivity index is 0.00000306. The maximum Gasteiger partial charge on any atom is 0.196 e. The Morgan fingerprint density at radius 2 is 1.97 bits per heavy atom. The lowest BCUT2D eigenvalue weighted by Crippen LogP contribution is -2.30. The van der Waals surface area contributed by atoms with E-state index in [4.69, 9.17) is 14.2 Å². The van der Waals surface area contributed by atoms with Gasteiger partial charge in [-0.15, -0.1) is 24.0 Å². The van der Waals surface area contributed by atoms with Crippen LogP contribution in [-0.2, 0) is 6.54 Å². The predicted molar refractivity (Wildman–Crippen MR) is 137 cm³/mol. The molecule has 174 valence electrons. The van der Waals surface area contributed by atoms with E-state index in [0.29, 0.717) is 43.8 Å². The summed E-state index contributed by atoms with van der Waals surface area (Å²) in [6, 6.07) is 13.9. The van der Waals surface area contributed by atoms with Crippen molar-refractivity contribution in [3.63, 3.8) is 0 Å². The zero-order valence-electron chi connectivity index (χ0n) is 18.2. The van der Waals surface area contributed by atoms with Gasteiger partial charge in [0.25, 0.3) is 0 Å². The molecule has 1 aliphatic heterocycles. The molecular weight excluding hydrogens is 538 g/mol. The van der Waals surface area contributed by atoms with Gasteiger partial charge in [0.15, 0.2) is 29.0 Å². The Labute approximate surface area is 209 Å². The molecule has 0 radical (unpaired) electrons. The summed E-state index contributed by atoms with van der Waals surface area (Å²) in [5.41, 5.74) is 1.54. The lowest BCUT2D eigenvalue weighted by molar-refractivity contribution is 0.297. The molecule has 1 aliphatic rings. The van der Waals surface area contributed by atoms with E-state index in [-0.39, 0.29) is 29.7 Å². The Bertz CT molecular complexity index is 1080. The van der Waals surface area contributed by atoms with Crippen LogP contribution in [0.5, 0.6) is 23.0 Å². The number of hydrogen-bond donors (Lipinski definition) is 2. The van der Waals surface area contributed by atoms with Crippen molar-refractivity contribution in [1.29, 1.82) is 0 Å². The molecule has 1 aromatic heterocycles. The highest BCUT2D eigenvalue weighted by Crippen LogP contribution is 2.32. The van der Waals surface area contributed by atoms with Crippen molar-refractivity contribution < 1.29 is 18.6 Å². The first-order valence-corrected chi connectivity index (χ1v) is 10.5. The molecule has 3 aromatic rings. The van der Waals surface area contributed by atoms with E-state index in [2.05, 4.69) is 20.6 Å². The molecule has 2 heterocycles. The van der Waals surface area contributed by atoms with E-state index in [1.54, 1.807) is 30.5 Å². The Morgan fingerprint density at radius 1 is 1.12 bits per heavy atom. The number of guanidine groups is 1. The van der Waals surface area contributed by atoms with Crippen molar-refractivity contribution in [3.05, 3.63) is 72.3 Å². The molecule has 0 saturated heterocycles. The minimum absolute atomic E-state index is 0. The van der Waals surface area contributed by atoms with Crippen LogP contribution >= 0.6 is 24.0 Å². The normalized spacial score (nSPS) is 12.8. The standard InChI is InChI=1S/C24H25FN4O3.HI/c1-2-27-24(29-18-7-9-22-23(14-18)31-12-4-11-30-22)28-15-17-6-8-21(20(25)13-17)32-19-5-3-10-26-16-19;/h3,5-10,13-14,16H,2,4,11-12,15H2,1H3,(H2,27,28,29);1H. The third kappa shape index (κ3) is 6.95. The summed E-state index contributed by atoms with van der Waals surface area (Å²) in [6.45, 7) is 4.23. The molecule has 0 atom stereocenters. The van der Waals surface area contributed by atoms with Gasteiger partial charge in [-0.05, 0) is 48.9 Å². The summed E-state index contributed by atoms with van der Waals surface area (Å²) < 4.78 is 31.5. The number of rotatable bonds is 6. The summed E-state index contributed by atoms with van der Waals surface area (Å²) in [5, 5.41) is 6.45. The number of aromatic nitrogens is 1. The van der Waals surface area contributed by atoms with Gasteiger partial charge in [-0.1, -0.05) is 6.07 Å². The molecule has 9 heteroatoms. The fourth-order valence-corrected chi connectivity index (χ4v) is 3.12. The van der Waals surface area contributed by atoms with E-state index >= 15 is 0 Å². The van der Waals surface area contributed by atoms with Crippen LogP contribution in [0, 0.1) is 5.82 Å². The molecule has 7 nitrogen and oxygen atoms in total. The molecule has 0 unspecified atom stereocenters. The highest BCUT2D eigenvalue weighted by Gasteiger charge is 2.12. The number of halogens is 2. The van der Waals surface area contributed by atoms with Gasteiger partial charge in [-0.3, -0.25) is 4.98 Å². The Kier molecular flexibility index (Phi) is 9.11. The van der Waals surface area contributed by atoms with Crippen LogP contribution in [0.4, 0.5) is 10.1 Å². The number of ether oxygens (including phenoxy) is 3. The number of pyridine rings is 1. The van der Waals surface area contributed by atoms with Gasteiger partial charge in [0.1, 0.15) is 5.75 Å². The first-order valence-electron chi connectivity index (χ1n) is 10.5. The molecular formula is C24H26FIN4O3. The molecule has 4 rings (SSSR count). The Morgan fingerprint density at radius 3 is 2.73 bits per heavy atom. The molecule has 0 spiro atoms. The number of aliphatic imine (C=N–C) groups is 1. The second-order valence-electron chi connectivity index (χ2n) is 7.09. The maximum absolute atomic E-state index is 14.5. The first kappa shape index (κ1) is 24.6. The summed E-state index contributed by atoms with van der Waals surface area (Å²) in [6.07, 6.45) is 4.02. The lowest BCUT2D eigenvalue weighted by atomic mass is 10.2. The lowest BCUT2D eigenvalue weighted by Gasteiger charge is -2.14. The minimum atomic E-state index is -0.456. The smallest absolute Gasteiger partial charge is 0.196 e. The van der Waals surface area contributed by atoms with E-state index < -0.39 is 5.82 Å². The second-order valence-corrected chi connectivity index (χ2v) is 7.09. The number of benzene rings is 2. The minimum Gasteiger partial charge on any atom is -0.490 e. The van der Waals surface area contributed by atoms with E-state index in [0.717, 1.165) is 23.4 Å². The topological polar surface area (TPSA) is 77.0 Å². The van der Waals surface area contributed by atoms with Crippen molar-refractivity contribution in [2.24, 2.45) is 4.99 Å². The van der Waals surface area contributed by atoms with Crippen LogP contribution < -0.4 is 24.8 Å². The van der Waals surface area contributed by atoms with E-state index in [1.807, 2.05) is 25.1 Å². The average molecular weight is 564 g/mol. The van der Waals surface area contributed by atoms with Gasteiger partial charge in [0.2, 0.25) is 0 Å². The first-order chi connectivity index (χ1) is 15.7. The molecule has 2 N–H and O–H groups in total. The number of nitrogens with zero attached hydrogens (tertiary/aromatic N) is 2. The van der Waals surface area contributed by atoms with Gasteiger partial charge in [-0.25, -0.2) is 9.38 Å². The fourth-order valence-electron chi connectivity index (χ4n) is 3.12. The Hall–Kier alpha value is -3.08. The number of nitrogens with one attached hydrogen (secondary N) is 2. The quantitative estimate of drug-likeness (QED) is 0.238. The van der Waals surface area contributed by atoms with Gasteiger partial charge in [0.05, 0.1) is 26.0 Å². The van der Waals surface area contributed by atoms with E-state index in [9.17, 15) is 4.39 Å². The monoisotopic (exact) mass is 564 g/mol. The van der Waals surface area contributed by atoms with Gasteiger partial charge < -0.3 is 24.8 Å². The highest BCUT2D eigenvalue weighted by molar-refractivity contribution is 14.0.